The summed E-state index contributed by atoms with van der Waals surface area (Å²) in [5.74, 6) is -4.28. The fourth-order valence-electron chi connectivity index (χ4n) is 2.08. The van der Waals surface area contributed by atoms with Crippen molar-refractivity contribution < 1.29 is 35.9 Å². The van der Waals surface area contributed by atoms with E-state index in [1.54, 1.807) is 0 Å². The number of sulfone groups is 1. The van der Waals surface area contributed by atoms with Crippen molar-refractivity contribution in [1.82, 2.24) is 0 Å². The lowest BCUT2D eigenvalue weighted by atomic mass is 9.96. The van der Waals surface area contributed by atoms with E-state index in [-0.39, 0.29) is 4.90 Å². The molecule has 0 heterocycles. The summed E-state index contributed by atoms with van der Waals surface area (Å²) in [7, 11) is -3.66. The van der Waals surface area contributed by atoms with Crippen LogP contribution in [0.4, 0.5) is 17.6 Å². The molecule has 0 atom stereocenters. The summed E-state index contributed by atoms with van der Waals surface area (Å²) >= 11 is 5.80. The first-order chi connectivity index (χ1) is 11.3. The Morgan fingerprint density at radius 1 is 1.16 bits per heavy atom. The maximum Gasteiger partial charge on any atom is 0.417 e. The van der Waals surface area contributed by atoms with Gasteiger partial charge in [-0.2, -0.15) is 13.2 Å². The van der Waals surface area contributed by atoms with E-state index in [1.807, 2.05) is 0 Å². The lowest BCUT2D eigenvalue weighted by molar-refractivity contribution is -0.138. The van der Waals surface area contributed by atoms with E-state index in [0.717, 1.165) is 24.5 Å². The Kier molecular flexibility index (Phi) is 4.84. The molecule has 0 bridgehead atoms. The Balaban J connectivity index is 2.69. The molecular weight excluding hydrogens is 388 g/mol. The summed E-state index contributed by atoms with van der Waals surface area (Å²) in [5, 5.41) is 9.16. The van der Waals surface area contributed by atoms with Crippen molar-refractivity contribution in [3.05, 3.63) is 57.9 Å². The van der Waals surface area contributed by atoms with E-state index in [0.29, 0.717) is 12.1 Å². The van der Waals surface area contributed by atoms with Crippen LogP contribution in [0.1, 0.15) is 21.5 Å². The first-order valence-electron chi connectivity index (χ1n) is 6.47. The Hall–Kier alpha value is -2.13. The number of ketones is 1. The number of carbonyl (C=O) groups is 1. The molecule has 10 heteroatoms. The van der Waals surface area contributed by atoms with Gasteiger partial charge >= 0.3 is 6.18 Å². The van der Waals surface area contributed by atoms with Gasteiger partial charge in [-0.1, -0.05) is 11.6 Å². The monoisotopic (exact) mass is 396 g/mol. The highest BCUT2D eigenvalue weighted by Gasteiger charge is 2.38. The van der Waals surface area contributed by atoms with Crippen molar-refractivity contribution in [3.63, 3.8) is 0 Å². The van der Waals surface area contributed by atoms with Crippen molar-refractivity contribution in [2.24, 2.45) is 0 Å². The van der Waals surface area contributed by atoms with Gasteiger partial charge in [0.15, 0.2) is 27.2 Å². The summed E-state index contributed by atoms with van der Waals surface area (Å²) in [5.41, 5.74) is -3.36. The number of hydrogen-bond acceptors (Lipinski definition) is 4. The molecule has 2 aromatic carbocycles. The first kappa shape index (κ1) is 19.2. The van der Waals surface area contributed by atoms with Crippen molar-refractivity contribution in [2.45, 2.75) is 11.1 Å². The van der Waals surface area contributed by atoms with Crippen LogP contribution in [0.15, 0.2) is 35.2 Å². The summed E-state index contributed by atoms with van der Waals surface area (Å²) in [4.78, 5) is 12.2. The fraction of sp³-hybridized carbons (Fsp3) is 0.133. The van der Waals surface area contributed by atoms with E-state index >= 15 is 0 Å². The average Bonchev–Trinajstić information content (AvgIpc) is 2.47. The number of benzene rings is 2. The second-order valence-corrected chi connectivity index (χ2v) is 7.48. The van der Waals surface area contributed by atoms with Gasteiger partial charge in [0.25, 0.3) is 0 Å². The molecule has 0 spiro atoms. The van der Waals surface area contributed by atoms with E-state index in [2.05, 4.69) is 0 Å². The first-order valence-corrected chi connectivity index (χ1v) is 8.74. The SMILES string of the molecule is CS(=O)(=O)c1ccc(C(=O)c2c(C(F)(F)F)ccc(F)c2O)c(Cl)c1. The highest BCUT2D eigenvalue weighted by Crippen LogP contribution is 2.39. The maximum atomic E-state index is 13.5. The van der Waals surface area contributed by atoms with Crippen molar-refractivity contribution in [2.75, 3.05) is 6.26 Å². The van der Waals surface area contributed by atoms with Crippen LogP contribution in [0.5, 0.6) is 5.75 Å². The predicted molar refractivity (Wildman–Crippen MR) is 81.1 cm³/mol. The van der Waals surface area contributed by atoms with Gasteiger partial charge in [0, 0.05) is 11.8 Å². The molecule has 0 saturated heterocycles. The second-order valence-electron chi connectivity index (χ2n) is 5.06. The molecule has 134 valence electrons. The van der Waals surface area contributed by atoms with Crippen LogP contribution in [-0.4, -0.2) is 25.6 Å². The zero-order chi connectivity index (χ0) is 19.2. The Morgan fingerprint density at radius 2 is 1.76 bits per heavy atom. The number of hydrogen-bond donors (Lipinski definition) is 1. The van der Waals surface area contributed by atoms with Crippen molar-refractivity contribution in [3.8, 4) is 5.75 Å². The van der Waals surface area contributed by atoms with E-state index in [1.165, 1.54) is 0 Å². The third-order valence-corrected chi connectivity index (χ3v) is 4.70. The molecule has 2 aromatic rings. The van der Waals surface area contributed by atoms with Crippen LogP contribution >= 0.6 is 11.6 Å². The van der Waals surface area contributed by atoms with Gasteiger partial charge in [-0.25, -0.2) is 12.8 Å². The number of rotatable bonds is 3. The second kappa shape index (κ2) is 6.30. The minimum atomic E-state index is -5.03. The number of alkyl halides is 3. The van der Waals surface area contributed by atoms with Gasteiger partial charge in [-0.05, 0) is 30.3 Å². The third kappa shape index (κ3) is 3.77. The summed E-state index contributed by atoms with van der Waals surface area (Å²) in [6, 6.07) is 3.45. The molecule has 0 radical (unpaired) electrons. The molecule has 0 saturated carbocycles. The fourth-order valence-corrected chi connectivity index (χ4v) is 3.06. The molecule has 4 nitrogen and oxygen atoms in total. The number of halogens is 5. The van der Waals surface area contributed by atoms with Crippen LogP contribution in [0.25, 0.3) is 0 Å². The van der Waals surface area contributed by atoms with Gasteiger partial charge in [-0.15, -0.1) is 0 Å². The van der Waals surface area contributed by atoms with Crippen LogP contribution in [0, 0.1) is 5.82 Å². The van der Waals surface area contributed by atoms with E-state index in [4.69, 9.17) is 11.6 Å². The summed E-state index contributed by atoms with van der Waals surface area (Å²) in [6.45, 7) is 0. The number of phenols is 1. The van der Waals surface area contributed by atoms with Crippen molar-refractivity contribution >= 4 is 27.2 Å². The number of carbonyl (C=O) groups excluding carboxylic acids is 1. The molecular formula is C15H9ClF4O4S. The molecule has 0 fully saturated rings. The molecule has 0 aliphatic rings. The minimum absolute atomic E-state index is 0.256. The van der Waals surface area contributed by atoms with Gasteiger partial charge in [0.2, 0.25) is 0 Å². The maximum absolute atomic E-state index is 13.5. The van der Waals surface area contributed by atoms with E-state index in [9.17, 15) is 35.9 Å². The predicted octanol–water partition coefficient (Wildman–Crippen LogP) is 3.84. The molecule has 0 aliphatic heterocycles. The normalized spacial score (nSPS) is 12.2. The quantitative estimate of drug-likeness (QED) is 0.632. The van der Waals surface area contributed by atoms with Gasteiger partial charge in [0.05, 0.1) is 21.0 Å². The summed E-state index contributed by atoms with van der Waals surface area (Å²) in [6.07, 6.45) is -4.16. The van der Waals surface area contributed by atoms with Crippen molar-refractivity contribution in [1.29, 1.82) is 0 Å². The van der Waals surface area contributed by atoms with Crippen LogP contribution < -0.4 is 0 Å². The smallest absolute Gasteiger partial charge is 0.417 e. The molecule has 2 rings (SSSR count). The summed E-state index contributed by atoms with van der Waals surface area (Å²) < 4.78 is 75.5. The molecule has 0 unspecified atom stereocenters. The molecule has 0 aromatic heterocycles. The van der Waals surface area contributed by atoms with Gasteiger partial charge in [-0.3, -0.25) is 4.79 Å². The lowest BCUT2D eigenvalue weighted by Crippen LogP contribution is -2.15. The molecule has 25 heavy (non-hydrogen) atoms. The number of phenolic OH excluding ortho intramolecular Hbond substituents is 1. The largest absolute Gasteiger partial charge is 0.504 e. The topological polar surface area (TPSA) is 71.4 Å². The van der Waals surface area contributed by atoms with Gasteiger partial charge in [0.1, 0.15) is 0 Å². The highest BCUT2D eigenvalue weighted by atomic mass is 35.5. The highest BCUT2D eigenvalue weighted by molar-refractivity contribution is 7.90. The Labute approximate surface area is 144 Å². The Morgan fingerprint density at radius 3 is 2.24 bits per heavy atom. The minimum Gasteiger partial charge on any atom is -0.504 e. The Bertz CT molecular complexity index is 968. The molecule has 0 aliphatic carbocycles. The third-order valence-electron chi connectivity index (χ3n) is 3.27. The molecule has 0 amide bonds. The zero-order valence-corrected chi connectivity index (χ0v) is 13.9. The molecule has 1 N–H and O–H groups in total. The zero-order valence-electron chi connectivity index (χ0n) is 12.4. The van der Waals surface area contributed by atoms with E-state index < -0.39 is 55.1 Å². The lowest BCUT2D eigenvalue weighted by Gasteiger charge is -2.14. The van der Waals surface area contributed by atoms with Crippen LogP contribution in [-0.2, 0) is 16.0 Å². The van der Waals surface area contributed by atoms with Crippen LogP contribution in [0.2, 0.25) is 5.02 Å². The van der Waals surface area contributed by atoms with Crippen LogP contribution in [0.3, 0.4) is 0 Å². The standard InChI is InChI=1S/C15H9ClF4O4S/c1-25(23,24)7-2-3-8(10(16)6-7)13(21)12-9(15(18,19)20)4-5-11(17)14(12)22/h2-6,22H,1H3. The van der Waals surface area contributed by atoms with Gasteiger partial charge < -0.3 is 5.11 Å². The average molecular weight is 397 g/mol. The number of aromatic hydroxyl groups is 1.